The lowest BCUT2D eigenvalue weighted by molar-refractivity contribution is 0.154. The van der Waals surface area contributed by atoms with Gasteiger partial charge in [0.25, 0.3) is 0 Å². The molecule has 2 heterocycles. The van der Waals surface area contributed by atoms with Crippen LogP contribution in [0.15, 0.2) is 34.9 Å². The van der Waals surface area contributed by atoms with E-state index in [-0.39, 0.29) is 24.8 Å². The molecule has 0 radical (unpaired) electrons. The third-order valence-electron chi connectivity index (χ3n) is 4.12. The second-order valence-electron chi connectivity index (χ2n) is 5.93. The minimum absolute atomic E-state index is 0. The van der Waals surface area contributed by atoms with Gasteiger partial charge in [0.05, 0.1) is 12.7 Å². The van der Waals surface area contributed by atoms with Crippen LogP contribution in [0.4, 0.5) is 0 Å². The maximum atomic E-state index is 6.03. The first kappa shape index (κ1) is 21.3. The van der Waals surface area contributed by atoms with Crippen LogP contribution >= 0.6 is 36.4 Å². The van der Waals surface area contributed by atoms with Crippen molar-refractivity contribution in [3.05, 3.63) is 41.4 Å². The molecule has 0 aliphatic carbocycles. The predicted molar refractivity (Wildman–Crippen MR) is 103 cm³/mol. The Morgan fingerprint density at radius 2 is 2.21 bits per heavy atom. The summed E-state index contributed by atoms with van der Waals surface area (Å²) in [6.07, 6.45) is 4.33. The van der Waals surface area contributed by atoms with E-state index in [0.29, 0.717) is 5.02 Å². The molecule has 1 atom stereocenters. The number of benzene rings is 1. The molecule has 1 aromatic carbocycles. The molecule has 4 nitrogen and oxygen atoms in total. The molecule has 1 unspecified atom stereocenters. The third kappa shape index (κ3) is 5.64. The zero-order valence-electron chi connectivity index (χ0n) is 13.7. The number of hydrogen-bond acceptors (Lipinski definition) is 4. The van der Waals surface area contributed by atoms with Gasteiger partial charge in [-0.15, -0.1) is 24.8 Å². The molecular weight excluding hydrogens is 369 g/mol. The van der Waals surface area contributed by atoms with Gasteiger partial charge in [-0.1, -0.05) is 23.7 Å². The standard InChI is InChI=1S/C17H22ClN3O.2ClH/c1-19-9-13-4-3-7-21(11-13)12-17-20-10-16(22-17)14-5-2-6-15(18)8-14;;/h2,5-6,8,10,13,19H,3-4,7,9,11-12H2,1H3;2*1H. The maximum absolute atomic E-state index is 6.03. The summed E-state index contributed by atoms with van der Waals surface area (Å²) in [7, 11) is 2.02. The summed E-state index contributed by atoms with van der Waals surface area (Å²) in [5, 5.41) is 3.98. The van der Waals surface area contributed by atoms with Crippen LogP contribution in [-0.2, 0) is 6.54 Å². The highest BCUT2D eigenvalue weighted by Gasteiger charge is 2.20. The topological polar surface area (TPSA) is 41.3 Å². The van der Waals surface area contributed by atoms with Gasteiger partial charge in [-0.05, 0) is 51.0 Å². The Kier molecular flexibility index (Phi) is 9.09. The number of rotatable bonds is 5. The smallest absolute Gasteiger partial charge is 0.209 e. The van der Waals surface area contributed by atoms with Gasteiger partial charge in [-0.2, -0.15) is 0 Å². The van der Waals surface area contributed by atoms with Crippen molar-refractivity contribution in [2.45, 2.75) is 19.4 Å². The van der Waals surface area contributed by atoms with E-state index in [1.54, 1.807) is 6.20 Å². The lowest BCUT2D eigenvalue weighted by atomic mass is 9.98. The van der Waals surface area contributed by atoms with Gasteiger partial charge in [0.15, 0.2) is 5.76 Å². The molecule has 1 aromatic heterocycles. The monoisotopic (exact) mass is 391 g/mol. The molecule has 1 fully saturated rings. The molecule has 1 aliphatic heterocycles. The molecule has 24 heavy (non-hydrogen) atoms. The Hall–Kier alpha value is -0.780. The number of piperidine rings is 1. The third-order valence-corrected chi connectivity index (χ3v) is 4.35. The van der Waals surface area contributed by atoms with E-state index in [9.17, 15) is 0 Å². The Labute approximate surface area is 160 Å². The van der Waals surface area contributed by atoms with Gasteiger partial charge in [0.1, 0.15) is 0 Å². The molecule has 1 saturated heterocycles. The van der Waals surface area contributed by atoms with E-state index in [4.69, 9.17) is 16.0 Å². The van der Waals surface area contributed by atoms with Gasteiger partial charge in [0.2, 0.25) is 5.89 Å². The molecule has 134 valence electrons. The van der Waals surface area contributed by atoms with Crippen LogP contribution in [-0.4, -0.2) is 36.6 Å². The van der Waals surface area contributed by atoms with Crippen LogP contribution in [0.1, 0.15) is 18.7 Å². The van der Waals surface area contributed by atoms with E-state index in [0.717, 1.165) is 49.3 Å². The Balaban J connectivity index is 0.00000144. The number of likely N-dealkylation sites (tertiary alicyclic amines) is 1. The Morgan fingerprint density at radius 3 is 2.96 bits per heavy atom. The van der Waals surface area contributed by atoms with Crippen molar-refractivity contribution in [2.75, 3.05) is 26.7 Å². The molecule has 1 aliphatic rings. The molecule has 7 heteroatoms. The fraction of sp³-hybridized carbons (Fsp3) is 0.471. The summed E-state index contributed by atoms with van der Waals surface area (Å²) < 4.78 is 5.90. The van der Waals surface area contributed by atoms with Gasteiger partial charge in [-0.3, -0.25) is 4.90 Å². The Morgan fingerprint density at radius 1 is 1.38 bits per heavy atom. The number of nitrogens with zero attached hydrogens (tertiary/aromatic N) is 2. The van der Waals surface area contributed by atoms with Gasteiger partial charge < -0.3 is 9.73 Å². The number of halogens is 3. The van der Waals surface area contributed by atoms with Crippen LogP contribution in [0.2, 0.25) is 5.02 Å². The van der Waals surface area contributed by atoms with Gasteiger partial charge >= 0.3 is 0 Å². The van der Waals surface area contributed by atoms with Crippen molar-refractivity contribution in [1.82, 2.24) is 15.2 Å². The summed E-state index contributed by atoms with van der Waals surface area (Å²) in [5.41, 5.74) is 0.970. The first-order valence-electron chi connectivity index (χ1n) is 7.82. The molecule has 2 aromatic rings. The second kappa shape index (κ2) is 10.3. The molecule has 0 amide bonds. The van der Waals surface area contributed by atoms with Crippen molar-refractivity contribution >= 4 is 36.4 Å². The fourth-order valence-electron chi connectivity index (χ4n) is 3.10. The highest BCUT2D eigenvalue weighted by Crippen LogP contribution is 2.24. The minimum Gasteiger partial charge on any atom is -0.439 e. The highest BCUT2D eigenvalue weighted by molar-refractivity contribution is 6.30. The number of aromatic nitrogens is 1. The quantitative estimate of drug-likeness (QED) is 0.825. The molecule has 0 spiro atoms. The van der Waals surface area contributed by atoms with Crippen molar-refractivity contribution in [3.8, 4) is 11.3 Å². The van der Waals surface area contributed by atoms with E-state index in [2.05, 4.69) is 15.2 Å². The summed E-state index contributed by atoms with van der Waals surface area (Å²) >= 11 is 6.03. The Bertz CT molecular complexity index is 619. The van der Waals surface area contributed by atoms with Crippen LogP contribution in [0, 0.1) is 5.92 Å². The lowest BCUT2D eigenvalue weighted by Crippen LogP contribution is -2.38. The van der Waals surface area contributed by atoms with Crippen molar-refractivity contribution in [3.63, 3.8) is 0 Å². The van der Waals surface area contributed by atoms with Crippen molar-refractivity contribution < 1.29 is 4.42 Å². The normalized spacial score (nSPS) is 17.8. The molecular formula is C17H24Cl3N3O. The molecule has 0 bridgehead atoms. The number of nitrogens with one attached hydrogen (secondary N) is 1. The molecule has 3 rings (SSSR count). The first-order valence-corrected chi connectivity index (χ1v) is 8.20. The highest BCUT2D eigenvalue weighted by atomic mass is 35.5. The SMILES string of the molecule is CNCC1CCCN(Cc2ncc(-c3cccc(Cl)c3)o2)C1.Cl.Cl. The van der Waals surface area contributed by atoms with E-state index in [1.165, 1.54) is 12.8 Å². The van der Waals surface area contributed by atoms with Crippen LogP contribution in [0.5, 0.6) is 0 Å². The van der Waals surface area contributed by atoms with Crippen LogP contribution in [0.3, 0.4) is 0 Å². The zero-order chi connectivity index (χ0) is 15.4. The first-order chi connectivity index (χ1) is 10.7. The minimum atomic E-state index is 0. The summed E-state index contributed by atoms with van der Waals surface area (Å²) in [4.78, 5) is 6.85. The van der Waals surface area contributed by atoms with E-state index >= 15 is 0 Å². The van der Waals surface area contributed by atoms with Crippen molar-refractivity contribution in [1.29, 1.82) is 0 Å². The second-order valence-corrected chi connectivity index (χ2v) is 6.37. The zero-order valence-corrected chi connectivity index (χ0v) is 16.1. The largest absolute Gasteiger partial charge is 0.439 e. The summed E-state index contributed by atoms with van der Waals surface area (Å²) in [6.45, 7) is 4.08. The average Bonchev–Trinajstić information content (AvgIpc) is 2.96. The van der Waals surface area contributed by atoms with E-state index < -0.39 is 0 Å². The lowest BCUT2D eigenvalue weighted by Gasteiger charge is -2.31. The predicted octanol–water partition coefficient (Wildman–Crippen LogP) is 4.27. The van der Waals surface area contributed by atoms with Crippen LogP contribution in [0.25, 0.3) is 11.3 Å². The summed E-state index contributed by atoms with van der Waals surface area (Å²) in [5.74, 6) is 2.28. The van der Waals surface area contributed by atoms with Crippen LogP contribution < -0.4 is 5.32 Å². The fourth-order valence-corrected chi connectivity index (χ4v) is 3.29. The number of hydrogen-bond donors (Lipinski definition) is 1. The van der Waals surface area contributed by atoms with Gasteiger partial charge in [0, 0.05) is 17.1 Å². The molecule has 1 N–H and O–H groups in total. The molecule has 0 saturated carbocycles. The van der Waals surface area contributed by atoms with Crippen molar-refractivity contribution in [2.24, 2.45) is 5.92 Å². The number of oxazole rings is 1. The van der Waals surface area contributed by atoms with Gasteiger partial charge in [-0.25, -0.2) is 4.98 Å². The van der Waals surface area contributed by atoms with E-state index in [1.807, 2.05) is 31.3 Å². The maximum Gasteiger partial charge on any atom is 0.209 e. The summed E-state index contributed by atoms with van der Waals surface area (Å²) in [6, 6.07) is 7.67. The average molecular weight is 393 g/mol.